The number of fused-ring (bicyclic) bond motifs is 1. The van der Waals surface area contributed by atoms with Crippen LogP contribution in [0.4, 0.5) is 39.8 Å². The second kappa shape index (κ2) is 13.9. The van der Waals surface area contributed by atoms with Crippen molar-refractivity contribution >= 4 is 103 Å². The number of nitrogens with two attached hydrogens (primary N) is 1. The molecule has 26 heteroatoms. The van der Waals surface area contributed by atoms with Gasteiger partial charge >= 0.3 is 0 Å². The highest BCUT2D eigenvalue weighted by Crippen LogP contribution is 2.48. The number of nitrogen functional groups attached to an aromatic ring is 1. The van der Waals surface area contributed by atoms with Gasteiger partial charge in [0, 0.05) is 25.2 Å². The van der Waals surface area contributed by atoms with Gasteiger partial charge < -0.3 is 21.5 Å². The predicted octanol–water partition coefficient (Wildman–Crippen LogP) is 3.86. The molecule has 22 nitrogen and oxygen atoms in total. The number of hydrogen-bond donors (Lipinski definition) is 8. The minimum absolute atomic E-state index is 0.0690. The molecule has 0 saturated carbocycles. The molecule has 0 aliphatic heterocycles. The fourth-order valence-electron chi connectivity index (χ4n) is 4.50. The minimum Gasteiger partial charge on any atom is -0.505 e. The van der Waals surface area contributed by atoms with Crippen LogP contribution in [0.25, 0.3) is 10.8 Å². The van der Waals surface area contributed by atoms with Gasteiger partial charge in [0.2, 0.25) is 11.8 Å². The Morgan fingerprint density at radius 1 is 0.577 bits per heavy atom. The Kier molecular flexibility index (Phi) is 10.5. The number of phenolic OH excluding ortho intramolecular Hbond substituents is 1. The fourth-order valence-corrected chi connectivity index (χ4v) is 7.04. The maximum absolute atomic E-state index is 12.4. The van der Waals surface area contributed by atoms with Crippen molar-refractivity contribution < 1.29 is 66.6 Å². The summed E-state index contributed by atoms with van der Waals surface area (Å²) in [7, 11) is -20.8. The molecule has 0 bridgehead atoms. The third kappa shape index (κ3) is 8.69. The summed E-state index contributed by atoms with van der Waals surface area (Å²) in [6.45, 7) is 2.21. The number of amides is 2. The number of anilines is 3. The SMILES string of the molecule is CC(=O)Nc1ccc(S(=O)(=O)O)c(N=Nc2c(S(=O)(=O)O)cc3cc(S(=O)(=O)O)c(N=Nc4cc(NC(C)=O)ccc4S(=O)(=O)O)c(O)c3c2N)c1. The van der Waals surface area contributed by atoms with Gasteiger partial charge in [-0.1, -0.05) is 0 Å². The van der Waals surface area contributed by atoms with Gasteiger partial charge in [0.25, 0.3) is 40.5 Å². The smallest absolute Gasteiger partial charge is 0.296 e. The molecule has 0 heterocycles. The first-order chi connectivity index (χ1) is 23.8. The van der Waals surface area contributed by atoms with Gasteiger partial charge in [0.05, 0.1) is 11.1 Å². The van der Waals surface area contributed by atoms with Crippen LogP contribution in [0.2, 0.25) is 0 Å². The molecule has 2 amide bonds. The zero-order valence-corrected chi connectivity index (χ0v) is 29.2. The van der Waals surface area contributed by atoms with Crippen LogP contribution in [0, 0.1) is 0 Å². The fraction of sp³-hybridized carbons (Fsp3) is 0.0769. The Labute approximate surface area is 293 Å². The summed E-state index contributed by atoms with van der Waals surface area (Å²) in [5.74, 6) is -2.51. The van der Waals surface area contributed by atoms with Crippen molar-refractivity contribution in [3.63, 3.8) is 0 Å². The van der Waals surface area contributed by atoms with E-state index in [4.69, 9.17) is 5.73 Å². The molecule has 4 rings (SSSR count). The van der Waals surface area contributed by atoms with Crippen LogP contribution in [-0.4, -0.2) is 68.8 Å². The lowest BCUT2D eigenvalue weighted by Crippen LogP contribution is -2.06. The topological polar surface area (TPSA) is 371 Å². The summed E-state index contributed by atoms with van der Waals surface area (Å²) in [6.07, 6.45) is 0. The standard InChI is InChI=1S/C26H23N7O15S4/c1-11(34)28-14-3-5-18(49(37,38)39)16(9-14)30-32-24-20(51(43,44)45)7-13-8-21(52(46,47)48)25(26(36)22(13)23(24)27)33-31-17-10-15(29-12(2)35)4-6-19(17)50(40,41)42/h3-10,36H,27H2,1-2H3,(H,28,34)(H,29,35)(H,37,38,39)(H,40,41,42)(H,43,44,45)(H,46,47,48). The quantitative estimate of drug-likeness (QED) is 0.0641. The van der Waals surface area contributed by atoms with Crippen molar-refractivity contribution in [1.29, 1.82) is 0 Å². The van der Waals surface area contributed by atoms with Gasteiger partial charge in [-0.3, -0.25) is 27.8 Å². The number of nitrogens with zero attached hydrogens (tertiary/aromatic N) is 4. The van der Waals surface area contributed by atoms with Gasteiger partial charge in [0.15, 0.2) is 5.75 Å². The zero-order valence-electron chi connectivity index (χ0n) is 25.9. The van der Waals surface area contributed by atoms with Gasteiger partial charge in [-0.25, -0.2) is 0 Å². The molecule has 9 N–H and O–H groups in total. The molecule has 0 aromatic heterocycles. The van der Waals surface area contributed by atoms with E-state index < -0.39 is 117 Å². The van der Waals surface area contributed by atoms with Crippen molar-refractivity contribution in [2.24, 2.45) is 20.5 Å². The minimum atomic E-state index is -5.41. The number of rotatable bonds is 10. The van der Waals surface area contributed by atoms with Crippen LogP contribution in [-0.2, 0) is 50.1 Å². The average Bonchev–Trinajstić information content (AvgIpc) is 2.97. The lowest BCUT2D eigenvalue weighted by molar-refractivity contribution is -0.115. The number of aromatic hydroxyl groups is 1. The van der Waals surface area contributed by atoms with Crippen LogP contribution < -0.4 is 16.4 Å². The maximum Gasteiger partial charge on any atom is 0.296 e. The number of azo groups is 2. The van der Waals surface area contributed by atoms with E-state index in [1.54, 1.807) is 0 Å². The van der Waals surface area contributed by atoms with Gasteiger partial charge in [-0.05, 0) is 53.9 Å². The molecular formula is C26H23N7O15S4. The van der Waals surface area contributed by atoms with Crippen LogP contribution in [0.15, 0.2) is 88.6 Å². The largest absolute Gasteiger partial charge is 0.505 e. The van der Waals surface area contributed by atoms with E-state index in [-0.39, 0.29) is 11.4 Å². The normalized spacial score (nSPS) is 12.8. The Morgan fingerprint density at radius 2 is 0.942 bits per heavy atom. The van der Waals surface area contributed by atoms with Crippen molar-refractivity contribution in [2.45, 2.75) is 33.4 Å². The zero-order chi connectivity index (χ0) is 39.1. The highest BCUT2D eigenvalue weighted by atomic mass is 32.2. The second-order valence-corrected chi connectivity index (χ2v) is 15.9. The molecule has 52 heavy (non-hydrogen) atoms. The van der Waals surface area contributed by atoms with E-state index in [0.717, 1.165) is 50.2 Å². The molecule has 0 aliphatic rings. The van der Waals surface area contributed by atoms with Crippen molar-refractivity contribution in [3.05, 3.63) is 48.5 Å². The van der Waals surface area contributed by atoms with Crippen LogP contribution in [0.5, 0.6) is 5.75 Å². The van der Waals surface area contributed by atoms with Crippen molar-refractivity contribution in [2.75, 3.05) is 16.4 Å². The van der Waals surface area contributed by atoms with Crippen LogP contribution in [0.3, 0.4) is 0 Å². The maximum atomic E-state index is 12.4. The first-order valence-electron chi connectivity index (χ1n) is 13.5. The van der Waals surface area contributed by atoms with Gasteiger partial charge in [-0.2, -0.15) is 33.7 Å². The number of phenols is 1. The van der Waals surface area contributed by atoms with E-state index in [9.17, 15) is 66.6 Å². The molecule has 0 radical (unpaired) electrons. The molecule has 0 atom stereocenters. The van der Waals surface area contributed by atoms with Crippen molar-refractivity contribution in [3.8, 4) is 5.75 Å². The first-order valence-corrected chi connectivity index (χ1v) is 19.2. The second-order valence-electron chi connectivity index (χ2n) is 10.3. The Hall–Kier alpha value is -5.48. The van der Waals surface area contributed by atoms with Gasteiger partial charge in [0.1, 0.15) is 42.3 Å². The molecule has 0 fully saturated rings. The van der Waals surface area contributed by atoms with E-state index >= 15 is 0 Å². The Balaban J connectivity index is 2.07. The third-order valence-electron chi connectivity index (χ3n) is 6.50. The number of carbonyl (C=O) groups excluding carboxylic acids is 2. The monoisotopic (exact) mass is 801 g/mol. The number of carbonyl (C=O) groups is 2. The molecule has 0 spiro atoms. The Bertz CT molecular complexity index is 2530. The van der Waals surface area contributed by atoms with Gasteiger partial charge in [-0.15, -0.1) is 20.5 Å². The highest BCUT2D eigenvalue weighted by Gasteiger charge is 2.29. The molecule has 4 aromatic carbocycles. The van der Waals surface area contributed by atoms with Crippen LogP contribution in [0.1, 0.15) is 13.8 Å². The summed E-state index contributed by atoms with van der Waals surface area (Å²) >= 11 is 0. The summed E-state index contributed by atoms with van der Waals surface area (Å²) in [5.41, 5.74) is 1.50. The lowest BCUT2D eigenvalue weighted by atomic mass is 10.1. The van der Waals surface area contributed by atoms with Crippen LogP contribution >= 0.6 is 0 Å². The van der Waals surface area contributed by atoms with Crippen molar-refractivity contribution in [1.82, 2.24) is 0 Å². The third-order valence-corrected chi connectivity index (χ3v) is 10.0. The Morgan fingerprint density at radius 3 is 1.31 bits per heavy atom. The molecule has 0 aliphatic carbocycles. The molecule has 276 valence electrons. The molecule has 4 aromatic rings. The van der Waals surface area contributed by atoms with E-state index in [1.165, 1.54) is 0 Å². The summed E-state index contributed by atoms with van der Waals surface area (Å²) in [6, 6.07) is 6.55. The highest BCUT2D eigenvalue weighted by molar-refractivity contribution is 7.86. The molecule has 0 saturated heterocycles. The first kappa shape index (κ1) is 39.3. The number of hydrogen-bond acceptors (Lipinski definition) is 16. The molecular weight excluding hydrogens is 779 g/mol. The van der Waals surface area contributed by atoms with E-state index in [2.05, 4.69) is 31.1 Å². The predicted molar refractivity (Wildman–Crippen MR) is 179 cm³/mol. The number of benzene rings is 4. The lowest BCUT2D eigenvalue weighted by Gasteiger charge is -2.14. The summed E-state index contributed by atoms with van der Waals surface area (Å²) < 4.78 is 137. The summed E-state index contributed by atoms with van der Waals surface area (Å²) in [5, 5.41) is 28.9. The number of nitrogens with one attached hydrogen (secondary N) is 2. The van der Waals surface area contributed by atoms with E-state index in [1.807, 2.05) is 0 Å². The average molecular weight is 802 g/mol. The molecule has 0 unspecified atom stereocenters. The summed E-state index contributed by atoms with van der Waals surface area (Å²) in [4.78, 5) is 18.7. The van der Waals surface area contributed by atoms with E-state index in [0.29, 0.717) is 12.1 Å².